The molecule has 0 saturated carbocycles. The van der Waals surface area contributed by atoms with Crippen LogP contribution in [0.3, 0.4) is 0 Å². The minimum absolute atomic E-state index is 0.0848. The number of nitrogens with one attached hydrogen (secondary N) is 1. The van der Waals surface area contributed by atoms with E-state index in [9.17, 15) is 9.59 Å². The molecule has 0 bridgehead atoms. The van der Waals surface area contributed by atoms with Gasteiger partial charge in [-0.2, -0.15) is 0 Å². The molecule has 0 unspecified atom stereocenters. The Morgan fingerprint density at radius 1 is 1.04 bits per heavy atom. The molecule has 26 heavy (non-hydrogen) atoms. The fourth-order valence-corrected chi connectivity index (χ4v) is 4.43. The first kappa shape index (κ1) is 19.4. The van der Waals surface area contributed by atoms with Crippen molar-refractivity contribution in [2.45, 2.75) is 20.3 Å². The predicted octanol–water partition coefficient (Wildman–Crippen LogP) is 1.29. The van der Waals surface area contributed by atoms with Crippen LogP contribution < -0.4 is 4.90 Å². The molecule has 2 amide bonds. The normalized spacial score (nSPS) is 24.6. The van der Waals surface area contributed by atoms with Crippen molar-refractivity contribution in [3.05, 3.63) is 34.3 Å². The molecule has 0 spiro atoms. The van der Waals surface area contributed by atoms with Gasteiger partial charge >= 0.3 is 0 Å². The molecule has 2 atom stereocenters. The Labute approximate surface area is 164 Å². The number of carbonyl (C=O) groups is 2. The summed E-state index contributed by atoms with van der Waals surface area (Å²) in [6.45, 7) is 9.91. The fraction of sp³-hybridized carbons (Fsp3) is 0.600. The van der Waals surface area contributed by atoms with Crippen molar-refractivity contribution in [2.24, 2.45) is 11.8 Å². The average molecular weight is 423 g/mol. The summed E-state index contributed by atoms with van der Waals surface area (Å²) in [7, 11) is 0. The van der Waals surface area contributed by atoms with Crippen LogP contribution in [0.2, 0.25) is 0 Å². The van der Waals surface area contributed by atoms with Crippen molar-refractivity contribution >= 4 is 27.7 Å². The van der Waals surface area contributed by atoms with E-state index in [-0.39, 0.29) is 11.8 Å². The maximum absolute atomic E-state index is 12.6. The SMILES string of the molecule is C[C@@H]1C[C@H](C)CN(C(=O)C[NH+]2CCN(C(=O)c3ccc(Br)cc3)CC2)C1. The molecule has 5 nitrogen and oxygen atoms in total. The predicted molar refractivity (Wildman–Crippen MR) is 105 cm³/mol. The lowest BCUT2D eigenvalue weighted by Crippen LogP contribution is -3.15. The van der Waals surface area contributed by atoms with Crippen LogP contribution in [0.5, 0.6) is 0 Å². The molecular formula is C20H29BrN3O2+. The molecule has 2 aliphatic heterocycles. The van der Waals surface area contributed by atoms with Crippen LogP contribution in [0.25, 0.3) is 0 Å². The van der Waals surface area contributed by atoms with E-state index in [2.05, 4.69) is 29.8 Å². The topological polar surface area (TPSA) is 45.1 Å². The molecule has 2 heterocycles. The Hall–Kier alpha value is -1.40. The van der Waals surface area contributed by atoms with Crippen molar-refractivity contribution < 1.29 is 14.5 Å². The molecule has 6 heteroatoms. The molecule has 1 N–H and O–H groups in total. The number of piperidine rings is 1. The first-order valence-electron chi connectivity index (χ1n) is 9.58. The monoisotopic (exact) mass is 422 g/mol. The van der Waals surface area contributed by atoms with Gasteiger partial charge in [-0.15, -0.1) is 0 Å². The van der Waals surface area contributed by atoms with Gasteiger partial charge in [0.15, 0.2) is 6.54 Å². The van der Waals surface area contributed by atoms with Crippen molar-refractivity contribution in [1.29, 1.82) is 0 Å². The van der Waals surface area contributed by atoms with Gasteiger partial charge < -0.3 is 14.7 Å². The van der Waals surface area contributed by atoms with E-state index >= 15 is 0 Å². The van der Waals surface area contributed by atoms with Gasteiger partial charge in [-0.1, -0.05) is 29.8 Å². The average Bonchev–Trinajstić information content (AvgIpc) is 2.61. The summed E-state index contributed by atoms with van der Waals surface area (Å²) in [4.78, 5) is 30.5. The summed E-state index contributed by atoms with van der Waals surface area (Å²) in [5.74, 6) is 1.55. The minimum atomic E-state index is 0.0848. The summed E-state index contributed by atoms with van der Waals surface area (Å²) in [5, 5.41) is 0. The van der Waals surface area contributed by atoms with Gasteiger partial charge in [0.2, 0.25) is 0 Å². The third-order valence-electron chi connectivity index (χ3n) is 5.47. The van der Waals surface area contributed by atoms with E-state index in [1.54, 1.807) is 0 Å². The standard InChI is InChI=1S/C20H28BrN3O2/c1-15-11-16(2)13-24(12-15)19(25)14-22-7-9-23(10-8-22)20(26)17-3-5-18(21)6-4-17/h3-6,15-16H,7-14H2,1-2H3/p+1/t15-,16+. The lowest BCUT2D eigenvalue weighted by Gasteiger charge is -2.37. The largest absolute Gasteiger partial charge is 0.337 e. The number of amides is 2. The number of nitrogens with zero attached hydrogens (tertiary/aromatic N) is 2. The van der Waals surface area contributed by atoms with Gasteiger partial charge in [0, 0.05) is 23.1 Å². The highest BCUT2D eigenvalue weighted by atomic mass is 79.9. The molecule has 2 saturated heterocycles. The van der Waals surface area contributed by atoms with Crippen molar-refractivity contribution in [1.82, 2.24) is 9.80 Å². The van der Waals surface area contributed by atoms with Gasteiger partial charge in [0.25, 0.3) is 11.8 Å². The van der Waals surface area contributed by atoms with E-state index < -0.39 is 0 Å². The number of hydrogen-bond acceptors (Lipinski definition) is 2. The van der Waals surface area contributed by atoms with Crippen molar-refractivity contribution in [3.63, 3.8) is 0 Å². The summed E-state index contributed by atoms with van der Waals surface area (Å²) < 4.78 is 0.975. The van der Waals surface area contributed by atoms with Gasteiger partial charge in [-0.05, 0) is 42.5 Å². The van der Waals surface area contributed by atoms with E-state index in [1.165, 1.54) is 11.3 Å². The molecule has 1 aromatic rings. The van der Waals surface area contributed by atoms with Crippen molar-refractivity contribution in [2.75, 3.05) is 45.8 Å². The first-order chi connectivity index (χ1) is 12.4. The van der Waals surface area contributed by atoms with Crippen LogP contribution in [0, 0.1) is 11.8 Å². The third kappa shape index (κ3) is 4.86. The number of halogens is 1. The van der Waals surface area contributed by atoms with Crippen LogP contribution in [0.15, 0.2) is 28.7 Å². The zero-order chi connectivity index (χ0) is 18.7. The zero-order valence-corrected chi connectivity index (χ0v) is 17.3. The highest BCUT2D eigenvalue weighted by molar-refractivity contribution is 9.10. The maximum atomic E-state index is 12.6. The number of piperazine rings is 1. The third-order valence-corrected chi connectivity index (χ3v) is 6.00. The Kier molecular flexibility index (Phi) is 6.35. The zero-order valence-electron chi connectivity index (χ0n) is 15.7. The second-order valence-electron chi connectivity index (χ2n) is 7.97. The number of hydrogen-bond donors (Lipinski definition) is 1. The maximum Gasteiger partial charge on any atom is 0.277 e. The summed E-state index contributed by atoms with van der Waals surface area (Å²) in [5.41, 5.74) is 0.726. The molecule has 1 aromatic carbocycles. The lowest BCUT2D eigenvalue weighted by molar-refractivity contribution is -0.896. The second-order valence-corrected chi connectivity index (χ2v) is 8.89. The number of rotatable bonds is 3. The fourth-order valence-electron chi connectivity index (χ4n) is 4.17. The van der Waals surface area contributed by atoms with Gasteiger partial charge in [-0.3, -0.25) is 9.59 Å². The number of quaternary nitrogens is 1. The molecule has 3 rings (SSSR count). The lowest BCUT2D eigenvalue weighted by atomic mass is 9.92. The van der Waals surface area contributed by atoms with E-state index in [1.807, 2.05) is 34.1 Å². The van der Waals surface area contributed by atoms with Crippen LogP contribution in [-0.2, 0) is 4.79 Å². The molecule has 0 aliphatic carbocycles. The summed E-state index contributed by atoms with van der Waals surface area (Å²) >= 11 is 3.40. The van der Waals surface area contributed by atoms with Crippen LogP contribution >= 0.6 is 15.9 Å². The number of benzene rings is 1. The Morgan fingerprint density at radius 2 is 1.62 bits per heavy atom. The Morgan fingerprint density at radius 3 is 2.19 bits per heavy atom. The molecule has 0 aromatic heterocycles. The van der Waals surface area contributed by atoms with Crippen LogP contribution in [0.1, 0.15) is 30.6 Å². The van der Waals surface area contributed by atoms with Gasteiger partial charge in [-0.25, -0.2) is 0 Å². The van der Waals surface area contributed by atoms with E-state index in [0.29, 0.717) is 31.5 Å². The minimum Gasteiger partial charge on any atom is -0.337 e. The smallest absolute Gasteiger partial charge is 0.277 e. The summed E-state index contributed by atoms with van der Waals surface area (Å²) in [6, 6.07) is 7.50. The van der Waals surface area contributed by atoms with Gasteiger partial charge in [0.05, 0.1) is 26.2 Å². The van der Waals surface area contributed by atoms with E-state index in [0.717, 1.165) is 36.2 Å². The Bertz CT molecular complexity index is 631. The van der Waals surface area contributed by atoms with Crippen LogP contribution in [0.4, 0.5) is 0 Å². The van der Waals surface area contributed by atoms with Crippen molar-refractivity contribution in [3.8, 4) is 0 Å². The molecule has 2 fully saturated rings. The molecular weight excluding hydrogens is 394 g/mol. The highest BCUT2D eigenvalue weighted by Gasteiger charge is 2.30. The molecule has 0 radical (unpaired) electrons. The second kappa shape index (κ2) is 8.53. The molecule has 2 aliphatic rings. The Balaban J connectivity index is 1.48. The quantitative estimate of drug-likeness (QED) is 0.797. The summed E-state index contributed by atoms with van der Waals surface area (Å²) in [6.07, 6.45) is 1.22. The molecule has 142 valence electrons. The number of carbonyl (C=O) groups excluding carboxylic acids is 2. The van der Waals surface area contributed by atoms with E-state index in [4.69, 9.17) is 0 Å². The number of likely N-dealkylation sites (tertiary alicyclic amines) is 1. The first-order valence-corrected chi connectivity index (χ1v) is 10.4. The van der Waals surface area contributed by atoms with Crippen LogP contribution in [-0.4, -0.2) is 67.4 Å². The highest BCUT2D eigenvalue weighted by Crippen LogP contribution is 2.20. The van der Waals surface area contributed by atoms with Gasteiger partial charge in [0.1, 0.15) is 0 Å².